The zero-order valence-corrected chi connectivity index (χ0v) is 12.8. The molecule has 2 rings (SSSR count). The Balaban J connectivity index is 2.10. The van der Waals surface area contributed by atoms with Crippen LogP contribution in [0.15, 0.2) is 23.1 Å². The molecule has 0 unspecified atom stereocenters. The largest absolute Gasteiger partial charge is 0.496 e. The molecule has 1 aromatic carbocycles. The highest BCUT2D eigenvalue weighted by Crippen LogP contribution is 2.31. The standard InChI is InChI=1S/C14H22N2O3S/c1-15-10-12-9-13(5-6-14(12)19-2)20(17,18)16-8-7-11-3-4-11/h5-6,9,11,15-16H,3-4,7-8,10H2,1-2H3. The second kappa shape index (κ2) is 6.56. The van der Waals surface area contributed by atoms with Gasteiger partial charge in [0.25, 0.3) is 0 Å². The Labute approximate surface area is 120 Å². The third kappa shape index (κ3) is 3.94. The maximum atomic E-state index is 12.2. The molecule has 1 aliphatic carbocycles. The third-order valence-corrected chi connectivity index (χ3v) is 4.93. The second-order valence-corrected chi connectivity index (χ2v) is 6.90. The van der Waals surface area contributed by atoms with Crippen molar-refractivity contribution in [1.29, 1.82) is 0 Å². The molecule has 0 aromatic heterocycles. The number of ether oxygens (including phenoxy) is 1. The van der Waals surface area contributed by atoms with Gasteiger partial charge in [-0.2, -0.15) is 0 Å². The lowest BCUT2D eigenvalue weighted by Crippen LogP contribution is -2.25. The van der Waals surface area contributed by atoms with Crippen molar-refractivity contribution in [3.63, 3.8) is 0 Å². The maximum absolute atomic E-state index is 12.2. The normalized spacial score (nSPS) is 15.3. The molecule has 0 atom stereocenters. The van der Waals surface area contributed by atoms with Crippen LogP contribution in [0.2, 0.25) is 0 Å². The molecule has 6 heteroatoms. The summed E-state index contributed by atoms with van der Waals surface area (Å²) < 4.78 is 32.3. The van der Waals surface area contributed by atoms with E-state index in [0.717, 1.165) is 12.0 Å². The van der Waals surface area contributed by atoms with Gasteiger partial charge < -0.3 is 10.1 Å². The van der Waals surface area contributed by atoms with E-state index >= 15 is 0 Å². The first-order chi connectivity index (χ1) is 9.56. The number of hydrogen-bond acceptors (Lipinski definition) is 4. The van der Waals surface area contributed by atoms with E-state index in [1.165, 1.54) is 12.8 Å². The molecule has 0 spiro atoms. The predicted octanol–water partition coefficient (Wildman–Crippen LogP) is 1.49. The average Bonchev–Trinajstić information content (AvgIpc) is 3.23. The van der Waals surface area contributed by atoms with Crippen LogP contribution >= 0.6 is 0 Å². The molecule has 0 heterocycles. The minimum Gasteiger partial charge on any atom is -0.496 e. The van der Waals surface area contributed by atoms with Crippen molar-refractivity contribution in [1.82, 2.24) is 10.0 Å². The summed E-state index contributed by atoms with van der Waals surface area (Å²) in [4.78, 5) is 0.291. The fraction of sp³-hybridized carbons (Fsp3) is 0.571. The van der Waals surface area contributed by atoms with Gasteiger partial charge in [-0.05, 0) is 37.6 Å². The monoisotopic (exact) mass is 298 g/mol. The van der Waals surface area contributed by atoms with Gasteiger partial charge in [0.15, 0.2) is 0 Å². The zero-order chi connectivity index (χ0) is 14.6. The van der Waals surface area contributed by atoms with Crippen LogP contribution < -0.4 is 14.8 Å². The van der Waals surface area contributed by atoms with Gasteiger partial charge in [-0.1, -0.05) is 12.8 Å². The van der Waals surface area contributed by atoms with Crippen molar-refractivity contribution in [2.45, 2.75) is 30.7 Å². The van der Waals surface area contributed by atoms with Gasteiger partial charge in [0.2, 0.25) is 10.0 Å². The first kappa shape index (κ1) is 15.3. The highest BCUT2D eigenvalue weighted by molar-refractivity contribution is 7.89. The molecule has 0 bridgehead atoms. The summed E-state index contributed by atoms with van der Waals surface area (Å²) in [5.74, 6) is 1.41. The van der Waals surface area contributed by atoms with Gasteiger partial charge in [-0.15, -0.1) is 0 Å². The molecule has 1 fully saturated rings. The molecule has 1 aliphatic rings. The minimum atomic E-state index is -3.43. The lowest BCUT2D eigenvalue weighted by atomic mass is 10.2. The Hall–Kier alpha value is -1.11. The quantitative estimate of drug-likeness (QED) is 0.763. The van der Waals surface area contributed by atoms with Crippen LogP contribution in [0.1, 0.15) is 24.8 Å². The van der Waals surface area contributed by atoms with Gasteiger partial charge in [0.1, 0.15) is 5.75 Å². The van der Waals surface area contributed by atoms with Gasteiger partial charge in [0, 0.05) is 18.7 Å². The number of nitrogens with one attached hydrogen (secondary N) is 2. The number of rotatable bonds is 8. The number of methoxy groups -OCH3 is 1. The summed E-state index contributed by atoms with van der Waals surface area (Å²) in [5, 5.41) is 3.01. The van der Waals surface area contributed by atoms with Crippen molar-refractivity contribution in [2.24, 2.45) is 5.92 Å². The van der Waals surface area contributed by atoms with Crippen molar-refractivity contribution < 1.29 is 13.2 Å². The molecular weight excluding hydrogens is 276 g/mol. The Morgan fingerprint density at radius 3 is 2.70 bits per heavy atom. The first-order valence-electron chi connectivity index (χ1n) is 6.88. The van der Waals surface area contributed by atoms with Crippen molar-refractivity contribution in [3.8, 4) is 5.75 Å². The molecule has 0 aliphatic heterocycles. The number of benzene rings is 1. The summed E-state index contributed by atoms with van der Waals surface area (Å²) in [6.07, 6.45) is 3.39. The summed E-state index contributed by atoms with van der Waals surface area (Å²) in [6.45, 7) is 1.08. The fourth-order valence-corrected chi connectivity index (χ4v) is 3.24. The summed E-state index contributed by atoms with van der Waals surface area (Å²) in [7, 11) is -0.0334. The van der Waals surface area contributed by atoms with Crippen LogP contribution in [0.25, 0.3) is 0 Å². The molecule has 0 amide bonds. The third-order valence-electron chi connectivity index (χ3n) is 3.47. The Bertz CT molecular complexity index is 554. The highest BCUT2D eigenvalue weighted by Gasteiger charge is 2.22. The van der Waals surface area contributed by atoms with Gasteiger partial charge in [-0.3, -0.25) is 0 Å². The Morgan fingerprint density at radius 1 is 1.35 bits per heavy atom. The Morgan fingerprint density at radius 2 is 2.10 bits per heavy atom. The predicted molar refractivity (Wildman–Crippen MR) is 78.3 cm³/mol. The summed E-state index contributed by atoms with van der Waals surface area (Å²) >= 11 is 0. The van der Waals surface area contributed by atoms with Crippen LogP contribution in [0, 0.1) is 5.92 Å². The summed E-state index contributed by atoms with van der Waals surface area (Å²) in [6, 6.07) is 4.94. The number of sulfonamides is 1. The number of hydrogen-bond donors (Lipinski definition) is 2. The Kier molecular flexibility index (Phi) is 5.01. The van der Waals surface area contributed by atoms with Crippen molar-refractivity contribution >= 4 is 10.0 Å². The smallest absolute Gasteiger partial charge is 0.240 e. The van der Waals surface area contributed by atoms with E-state index < -0.39 is 10.0 Å². The summed E-state index contributed by atoms with van der Waals surface area (Å²) in [5.41, 5.74) is 0.833. The molecule has 2 N–H and O–H groups in total. The van der Waals surface area contributed by atoms with E-state index in [1.807, 2.05) is 7.05 Å². The minimum absolute atomic E-state index is 0.291. The lowest BCUT2D eigenvalue weighted by molar-refractivity contribution is 0.408. The average molecular weight is 298 g/mol. The molecular formula is C14H22N2O3S. The molecule has 5 nitrogen and oxygen atoms in total. The van der Waals surface area contributed by atoms with Crippen LogP contribution in [-0.4, -0.2) is 29.1 Å². The molecule has 112 valence electrons. The lowest BCUT2D eigenvalue weighted by Gasteiger charge is -2.11. The van der Waals surface area contributed by atoms with E-state index in [0.29, 0.717) is 29.7 Å². The zero-order valence-electron chi connectivity index (χ0n) is 12.0. The van der Waals surface area contributed by atoms with Crippen LogP contribution in [0.3, 0.4) is 0 Å². The molecule has 1 saturated carbocycles. The molecule has 1 aromatic rings. The van der Waals surface area contributed by atoms with E-state index in [2.05, 4.69) is 10.0 Å². The van der Waals surface area contributed by atoms with Gasteiger partial charge in [-0.25, -0.2) is 13.1 Å². The molecule has 20 heavy (non-hydrogen) atoms. The highest BCUT2D eigenvalue weighted by atomic mass is 32.2. The van der Waals surface area contributed by atoms with E-state index in [9.17, 15) is 8.42 Å². The van der Waals surface area contributed by atoms with Crippen LogP contribution in [0.4, 0.5) is 0 Å². The van der Waals surface area contributed by atoms with Crippen LogP contribution in [-0.2, 0) is 16.6 Å². The topological polar surface area (TPSA) is 67.4 Å². The van der Waals surface area contributed by atoms with E-state index in [1.54, 1.807) is 25.3 Å². The van der Waals surface area contributed by atoms with Gasteiger partial charge >= 0.3 is 0 Å². The second-order valence-electron chi connectivity index (χ2n) is 5.13. The molecule has 0 radical (unpaired) electrons. The van der Waals surface area contributed by atoms with E-state index in [4.69, 9.17) is 4.74 Å². The van der Waals surface area contributed by atoms with E-state index in [-0.39, 0.29) is 0 Å². The molecule has 0 saturated heterocycles. The fourth-order valence-electron chi connectivity index (χ4n) is 2.14. The van der Waals surface area contributed by atoms with Crippen molar-refractivity contribution in [2.75, 3.05) is 20.7 Å². The SMILES string of the molecule is CNCc1cc(S(=O)(=O)NCCC2CC2)ccc1OC. The van der Waals surface area contributed by atoms with Crippen LogP contribution in [0.5, 0.6) is 5.75 Å². The first-order valence-corrected chi connectivity index (χ1v) is 8.36. The van der Waals surface area contributed by atoms with Gasteiger partial charge in [0.05, 0.1) is 12.0 Å². The maximum Gasteiger partial charge on any atom is 0.240 e. The van der Waals surface area contributed by atoms with Crippen molar-refractivity contribution in [3.05, 3.63) is 23.8 Å².